The van der Waals surface area contributed by atoms with Crippen LogP contribution in [0, 0.1) is 6.92 Å². The second-order valence-electron chi connectivity index (χ2n) is 4.37. The lowest BCUT2D eigenvalue weighted by molar-refractivity contribution is 0.217. The van der Waals surface area contributed by atoms with Crippen molar-refractivity contribution in [3.63, 3.8) is 0 Å². The van der Waals surface area contributed by atoms with Gasteiger partial charge in [-0.15, -0.1) is 0 Å². The number of nitrogens with two attached hydrogens (primary N) is 1. The summed E-state index contributed by atoms with van der Waals surface area (Å²) in [6.07, 6.45) is 0. The molecule has 104 valence electrons. The molecule has 2 aromatic carbocycles. The number of rotatable bonds is 6. The van der Waals surface area contributed by atoms with E-state index in [1.165, 1.54) is 5.56 Å². The van der Waals surface area contributed by atoms with Gasteiger partial charge in [-0.2, -0.15) is 0 Å². The fourth-order valence-electron chi connectivity index (χ4n) is 1.74. The van der Waals surface area contributed by atoms with Crippen molar-refractivity contribution in [2.24, 2.45) is 5.73 Å². The number of benzene rings is 2. The molecule has 0 aliphatic carbocycles. The van der Waals surface area contributed by atoms with Gasteiger partial charge in [-0.25, -0.2) is 0 Å². The van der Waals surface area contributed by atoms with Gasteiger partial charge in [0.15, 0.2) is 0 Å². The first-order valence-electron chi connectivity index (χ1n) is 6.38. The average molecular weight is 287 g/mol. The summed E-state index contributed by atoms with van der Waals surface area (Å²) < 4.78 is 11.2. The van der Waals surface area contributed by atoms with E-state index in [4.69, 9.17) is 27.4 Å². The van der Waals surface area contributed by atoms with Gasteiger partial charge in [0.25, 0.3) is 0 Å². The average Bonchev–Trinajstić information content (AvgIpc) is 2.46. The summed E-state index contributed by atoms with van der Waals surface area (Å²) in [6.45, 7) is 2.95. The Bertz CT molecular complexity index is 581. The van der Waals surface area contributed by atoms with Crippen LogP contribution in [0.2, 0.25) is 0 Å². The van der Waals surface area contributed by atoms with E-state index in [0.29, 0.717) is 24.0 Å². The summed E-state index contributed by atoms with van der Waals surface area (Å²) >= 11 is 4.98. The maximum Gasteiger partial charge on any atom is 0.129 e. The summed E-state index contributed by atoms with van der Waals surface area (Å²) in [4.78, 5) is 0.333. The molecule has 0 unspecified atom stereocenters. The highest BCUT2D eigenvalue weighted by Gasteiger charge is 2.05. The third-order valence-corrected chi connectivity index (χ3v) is 3.00. The minimum atomic E-state index is 0.333. The molecule has 0 heterocycles. The fourth-order valence-corrected chi connectivity index (χ4v) is 1.91. The topological polar surface area (TPSA) is 44.5 Å². The Morgan fingerprint density at radius 3 is 2.35 bits per heavy atom. The molecular weight excluding hydrogens is 270 g/mol. The standard InChI is InChI=1S/C16H17NO2S/c1-12-6-8-13(9-7-12)18-10-11-19-15-5-3-2-4-14(15)16(17)20/h2-9H,10-11H2,1H3,(H2,17,20). The van der Waals surface area contributed by atoms with Crippen molar-refractivity contribution in [2.75, 3.05) is 13.2 Å². The van der Waals surface area contributed by atoms with Crippen LogP contribution in [-0.2, 0) is 0 Å². The third kappa shape index (κ3) is 3.96. The maximum absolute atomic E-state index is 5.65. The molecule has 0 radical (unpaired) electrons. The zero-order valence-corrected chi connectivity index (χ0v) is 12.2. The van der Waals surface area contributed by atoms with E-state index < -0.39 is 0 Å². The molecule has 4 heteroatoms. The third-order valence-electron chi connectivity index (χ3n) is 2.78. The van der Waals surface area contributed by atoms with Crippen LogP contribution in [0.1, 0.15) is 11.1 Å². The lowest BCUT2D eigenvalue weighted by atomic mass is 10.2. The van der Waals surface area contributed by atoms with Crippen molar-refractivity contribution in [2.45, 2.75) is 6.92 Å². The van der Waals surface area contributed by atoms with Gasteiger partial charge >= 0.3 is 0 Å². The molecule has 0 atom stereocenters. The monoisotopic (exact) mass is 287 g/mol. The van der Waals surface area contributed by atoms with Crippen molar-refractivity contribution in [3.8, 4) is 11.5 Å². The zero-order valence-electron chi connectivity index (χ0n) is 11.3. The Balaban J connectivity index is 1.84. The summed E-state index contributed by atoms with van der Waals surface area (Å²) in [5, 5.41) is 0. The van der Waals surface area contributed by atoms with Gasteiger partial charge in [-0.05, 0) is 31.2 Å². The van der Waals surface area contributed by atoms with E-state index in [9.17, 15) is 0 Å². The molecule has 0 bridgehead atoms. The second kappa shape index (κ2) is 6.91. The Labute approximate surface area is 124 Å². The number of para-hydroxylation sites is 1. The number of thiocarbonyl (C=S) groups is 1. The van der Waals surface area contributed by atoms with E-state index >= 15 is 0 Å². The molecule has 0 aliphatic heterocycles. The number of ether oxygens (including phenoxy) is 2. The molecular formula is C16H17NO2S. The number of hydrogen-bond acceptors (Lipinski definition) is 3. The SMILES string of the molecule is Cc1ccc(OCCOc2ccccc2C(N)=S)cc1. The van der Waals surface area contributed by atoms with Crippen LogP contribution in [0.4, 0.5) is 0 Å². The molecule has 0 saturated carbocycles. The summed E-state index contributed by atoms with van der Waals surface area (Å²) in [5.74, 6) is 1.52. The van der Waals surface area contributed by atoms with E-state index in [2.05, 4.69) is 0 Å². The first-order valence-corrected chi connectivity index (χ1v) is 6.79. The Hall–Kier alpha value is -2.07. The highest BCUT2D eigenvalue weighted by molar-refractivity contribution is 7.80. The van der Waals surface area contributed by atoms with Gasteiger partial charge in [-0.1, -0.05) is 42.0 Å². The van der Waals surface area contributed by atoms with Crippen molar-refractivity contribution < 1.29 is 9.47 Å². The van der Waals surface area contributed by atoms with Gasteiger partial charge in [0.2, 0.25) is 0 Å². The highest BCUT2D eigenvalue weighted by Crippen LogP contribution is 2.17. The summed E-state index contributed by atoms with van der Waals surface area (Å²) in [7, 11) is 0. The second-order valence-corrected chi connectivity index (χ2v) is 4.81. The molecule has 20 heavy (non-hydrogen) atoms. The first kappa shape index (κ1) is 14.3. The molecule has 0 amide bonds. The van der Waals surface area contributed by atoms with Crippen LogP contribution in [0.5, 0.6) is 11.5 Å². The molecule has 3 nitrogen and oxygen atoms in total. The van der Waals surface area contributed by atoms with Crippen molar-refractivity contribution >= 4 is 17.2 Å². The maximum atomic E-state index is 5.65. The van der Waals surface area contributed by atoms with E-state index in [1.807, 2.05) is 55.5 Å². The Morgan fingerprint density at radius 2 is 1.65 bits per heavy atom. The van der Waals surface area contributed by atoms with E-state index in [1.54, 1.807) is 0 Å². The molecule has 0 aromatic heterocycles. The molecule has 0 aliphatic rings. The van der Waals surface area contributed by atoms with Crippen LogP contribution in [0.25, 0.3) is 0 Å². The van der Waals surface area contributed by atoms with Crippen LogP contribution in [0.15, 0.2) is 48.5 Å². The Kier molecular flexibility index (Phi) is 4.96. The van der Waals surface area contributed by atoms with Gasteiger partial charge < -0.3 is 15.2 Å². The van der Waals surface area contributed by atoms with Gasteiger partial charge in [-0.3, -0.25) is 0 Å². The minimum Gasteiger partial charge on any atom is -0.490 e. The highest BCUT2D eigenvalue weighted by atomic mass is 32.1. The van der Waals surface area contributed by atoms with Crippen molar-refractivity contribution in [1.82, 2.24) is 0 Å². The van der Waals surface area contributed by atoms with Crippen LogP contribution >= 0.6 is 12.2 Å². The van der Waals surface area contributed by atoms with Crippen molar-refractivity contribution in [1.29, 1.82) is 0 Å². The first-order chi connectivity index (χ1) is 9.66. The molecule has 2 aromatic rings. The zero-order chi connectivity index (χ0) is 14.4. The molecule has 0 fully saturated rings. The number of aryl methyl sites for hydroxylation is 1. The molecule has 0 saturated heterocycles. The van der Waals surface area contributed by atoms with Crippen molar-refractivity contribution in [3.05, 3.63) is 59.7 Å². The van der Waals surface area contributed by atoms with Crippen LogP contribution in [-0.4, -0.2) is 18.2 Å². The minimum absolute atomic E-state index is 0.333. The fraction of sp³-hybridized carbons (Fsp3) is 0.188. The molecule has 2 N–H and O–H groups in total. The van der Waals surface area contributed by atoms with E-state index in [-0.39, 0.29) is 0 Å². The van der Waals surface area contributed by atoms with E-state index in [0.717, 1.165) is 11.3 Å². The summed E-state index contributed by atoms with van der Waals surface area (Å²) in [6, 6.07) is 15.4. The number of hydrogen-bond donors (Lipinski definition) is 1. The van der Waals surface area contributed by atoms with Crippen LogP contribution in [0.3, 0.4) is 0 Å². The predicted octanol–water partition coefficient (Wildman–Crippen LogP) is 3.09. The normalized spacial score (nSPS) is 10.1. The smallest absolute Gasteiger partial charge is 0.129 e. The van der Waals surface area contributed by atoms with Gasteiger partial charge in [0.1, 0.15) is 29.7 Å². The lowest BCUT2D eigenvalue weighted by Gasteiger charge is -2.11. The van der Waals surface area contributed by atoms with Gasteiger partial charge in [0, 0.05) is 0 Å². The quantitative estimate of drug-likeness (QED) is 0.655. The lowest BCUT2D eigenvalue weighted by Crippen LogP contribution is -2.14. The summed E-state index contributed by atoms with van der Waals surface area (Å²) in [5.41, 5.74) is 7.60. The Morgan fingerprint density at radius 1 is 1.00 bits per heavy atom. The molecule has 2 rings (SSSR count). The largest absolute Gasteiger partial charge is 0.490 e. The predicted molar refractivity (Wildman–Crippen MR) is 84.5 cm³/mol. The molecule has 0 spiro atoms. The van der Waals surface area contributed by atoms with Gasteiger partial charge in [0.05, 0.1) is 5.56 Å². The van der Waals surface area contributed by atoms with Crippen LogP contribution < -0.4 is 15.2 Å².